The fourth-order valence-corrected chi connectivity index (χ4v) is 5.24. The SMILES string of the molecule is N#Cc1ncc(-c2ccc(-n3c4ccccc4c4cc(-c5ccccc5)ccc43)c(-c3cnc(C#N)nc3)c2)cn1. The number of nitriles is 2. The van der Waals surface area contributed by atoms with E-state index >= 15 is 0 Å². The molecule has 0 N–H and O–H groups in total. The lowest BCUT2D eigenvalue weighted by Crippen LogP contribution is -1.99. The molecule has 0 spiro atoms. The number of hydrogen-bond donors (Lipinski definition) is 0. The maximum absolute atomic E-state index is 9.26. The van der Waals surface area contributed by atoms with Crippen molar-refractivity contribution in [2.75, 3.05) is 0 Å². The lowest BCUT2D eigenvalue weighted by Gasteiger charge is -2.16. The fraction of sp³-hybridized carbons (Fsp3) is 0. The highest BCUT2D eigenvalue weighted by Gasteiger charge is 2.18. The molecule has 7 nitrogen and oxygen atoms in total. The second-order valence-electron chi connectivity index (χ2n) is 9.50. The Morgan fingerprint density at radius 1 is 0.488 bits per heavy atom. The summed E-state index contributed by atoms with van der Waals surface area (Å²) in [6, 6.07) is 35.4. The molecule has 3 heterocycles. The first-order chi connectivity index (χ1) is 20.2. The van der Waals surface area contributed by atoms with Crippen molar-refractivity contribution in [2.24, 2.45) is 0 Å². The fourth-order valence-electron chi connectivity index (χ4n) is 5.24. The van der Waals surface area contributed by atoms with Gasteiger partial charge in [0.05, 0.1) is 16.7 Å². The van der Waals surface area contributed by atoms with Crippen LogP contribution in [0, 0.1) is 22.7 Å². The van der Waals surface area contributed by atoms with Gasteiger partial charge in [-0.05, 0) is 47.0 Å². The van der Waals surface area contributed by atoms with Gasteiger partial charge in [0.1, 0.15) is 12.1 Å². The van der Waals surface area contributed by atoms with Crippen LogP contribution in [0.5, 0.6) is 0 Å². The van der Waals surface area contributed by atoms with Crippen LogP contribution in [0.2, 0.25) is 0 Å². The van der Waals surface area contributed by atoms with Crippen molar-refractivity contribution in [1.29, 1.82) is 10.5 Å². The molecule has 0 radical (unpaired) electrons. The molecule has 7 heteroatoms. The summed E-state index contributed by atoms with van der Waals surface area (Å²) in [7, 11) is 0. The molecule has 0 saturated heterocycles. The first-order valence-electron chi connectivity index (χ1n) is 12.9. The molecule has 0 aliphatic carbocycles. The average Bonchev–Trinajstić information content (AvgIpc) is 3.38. The predicted molar refractivity (Wildman–Crippen MR) is 158 cm³/mol. The van der Waals surface area contributed by atoms with Crippen LogP contribution >= 0.6 is 0 Å². The Balaban J connectivity index is 1.49. The highest BCUT2D eigenvalue weighted by molar-refractivity contribution is 6.11. The highest BCUT2D eigenvalue weighted by atomic mass is 15.0. The molecule has 0 amide bonds. The number of aromatic nitrogens is 5. The molecule has 7 aromatic rings. The maximum atomic E-state index is 9.26. The summed E-state index contributed by atoms with van der Waals surface area (Å²) < 4.78 is 2.26. The summed E-state index contributed by atoms with van der Waals surface area (Å²) in [6.07, 6.45) is 6.63. The number of benzene rings is 4. The molecular formula is C34H19N7. The predicted octanol–water partition coefficient (Wildman–Crippen LogP) is 7.11. The molecule has 4 aromatic carbocycles. The van der Waals surface area contributed by atoms with Gasteiger partial charge in [0.2, 0.25) is 11.6 Å². The van der Waals surface area contributed by atoms with Gasteiger partial charge < -0.3 is 4.57 Å². The Bertz CT molecular complexity index is 2150. The van der Waals surface area contributed by atoms with Crippen molar-refractivity contribution < 1.29 is 0 Å². The van der Waals surface area contributed by atoms with E-state index in [1.807, 2.05) is 36.4 Å². The monoisotopic (exact) mass is 525 g/mol. The number of para-hydroxylation sites is 1. The third kappa shape index (κ3) is 4.15. The Kier molecular flexibility index (Phi) is 5.74. The first-order valence-corrected chi connectivity index (χ1v) is 12.9. The van der Waals surface area contributed by atoms with Gasteiger partial charge in [-0.1, -0.05) is 60.7 Å². The topological polar surface area (TPSA) is 104 Å². The van der Waals surface area contributed by atoms with Gasteiger partial charge in [-0.15, -0.1) is 0 Å². The van der Waals surface area contributed by atoms with E-state index in [-0.39, 0.29) is 11.6 Å². The second kappa shape index (κ2) is 9.85. The number of fused-ring (bicyclic) bond motifs is 3. The minimum atomic E-state index is 0.109. The third-order valence-corrected chi connectivity index (χ3v) is 7.17. The minimum absolute atomic E-state index is 0.109. The van der Waals surface area contributed by atoms with Crippen molar-refractivity contribution in [2.45, 2.75) is 0 Å². The zero-order valence-corrected chi connectivity index (χ0v) is 21.6. The van der Waals surface area contributed by atoms with Crippen LogP contribution in [-0.2, 0) is 0 Å². The van der Waals surface area contributed by atoms with Crippen LogP contribution in [0.1, 0.15) is 11.6 Å². The summed E-state index contributed by atoms with van der Waals surface area (Å²) in [6.45, 7) is 0. The number of rotatable bonds is 4. The zero-order chi connectivity index (χ0) is 27.8. The van der Waals surface area contributed by atoms with Gasteiger partial charge >= 0.3 is 0 Å². The molecule has 0 atom stereocenters. The van der Waals surface area contributed by atoms with E-state index in [1.54, 1.807) is 24.8 Å². The van der Waals surface area contributed by atoms with Crippen molar-refractivity contribution in [3.8, 4) is 51.2 Å². The molecule has 0 aliphatic heterocycles. The Morgan fingerprint density at radius 3 is 1.78 bits per heavy atom. The molecule has 0 aliphatic rings. The smallest absolute Gasteiger partial charge is 0.232 e. The van der Waals surface area contributed by atoms with Gasteiger partial charge in [-0.25, -0.2) is 19.9 Å². The first kappa shape index (κ1) is 23.9. The lowest BCUT2D eigenvalue weighted by atomic mass is 9.99. The van der Waals surface area contributed by atoms with Crippen LogP contribution in [0.15, 0.2) is 116 Å². The highest BCUT2D eigenvalue weighted by Crippen LogP contribution is 2.39. The van der Waals surface area contributed by atoms with Crippen LogP contribution in [0.25, 0.3) is 60.9 Å². The van der Waals surface area contributed by atoms with Gasteiger partial charge in [0, 0.05) is 52.3 Å². The van der Waals surface area contributed by atoms with Crippen molar-refractivity contribution >= 4 is 21.8 Å². The van der Waals surface area contributed by atoms with Gasteiger partial charge in [0.25, 0.3) is 0 Å². The standard InChI is InChI=1S/C34H19N7/c35-16-33-37-18-25(19-38-33)24-11-12-31(28(14-24)26-20-39-34(17-36)40-21-26)41-30-9-5-4-8-27(30)29-15-23(10-13-32(29)41)22-6-2-1-3-7-22/h1-15,18-21H. The average molecular weight is 526 g/mol. The molecule has 41 heavy (non-hydrogen) atoms. The van der Waals surface area contributed by atoms with Gasteiger partial charge in [-0.3, -0.25) is 0 Å². The van der Waals surface area contributed by atoms with Gasteiger partial charge in [0.15, 0.2) is 0 Å². The number of nitrogens with zero attached hydrogens (tertiary/aromatic N) is 7. The van der Waals surface area contributed by atoms with Crippen molar-refractivity contribution in [3.63, 3.8) is 0 Å². The molecular weight excluding hydrogens is 506 g/mol. The Labute approximate surface area is 235 Å². The molecule has 0 saturated carbocycles. The van der Waals surface area contributed by atoms with E-state index in [4.69, 9.17) is 5.26 Å². The largest absolute Gasteiger partial charge is 0.309 e. The van der Waals surface area contributed by atoms with E-state index < -0.39 is 0 Å². The Morgan fingerprint density at radius 2 is 1.07 bits per heavy atom. The normalized spacial score (nSPS) is 10.9. The maximum Gasteiger partial charge on any atom is 0.232 e. The van der Waals surface area contributed by atoms with Crippen LogP contribution in [0.3, 0.4) is 0 Å². The lowest BCUT2D eigenvalue weighted by molar-refractivity contribution is 1.11. The summed E-state index contributed by atoms with van der Waals surface area (Å²) >= 11 is 0. The summed E-state index contributed by atoms with van der Waals surface area (Å²) in [5.41, 5.74) is 8.69. The van der Waals surface area contributed by atoms with Gasteiger partial charge in [-0.2, -0.15) is 10.5 Å². The van der Waals surface area contributed by atoms with Crippen molar-refractivity contribution in [1.82, 2.24) is 24.5 Å². The van der Waals surface area contributed by atoms with E-state index in [0.717, 1.165) is 60.9 Å². The Hall–Kier alpha value is -6.18. The van der Waals surface area contributed by atoms with E-state index in [1.165, 1.54) is 0 Å². The van der Waals surface area contributed by atoms with Crippen LogP contribution < -0.4 is 0 Å². The summed E-state index contributed by atoms with van der Waals surface area (Å²) in [4.78, 5) is 16.8. The van der Waals surface area contributed by atoms with Crippen LogP contribution in [-0.4, -0.2) is 24.5 Å². The molecule has 190 valence electrons. The van der Waals surface area contributed by atoms with E-state index in [9.17, 15) is 5.26 Å². The molecule has 0 unspecified atom stereocenters. The number of hydrogen-bond acceptors (Lipinski definition) is 6. The summed E-state index contributed by atoms with van der Waals surface area (Å²) in [5, 5.41) is 20.7. The molecule has 3 aromatic heterocycles. The molecule has 0 fully saturated rings. The third-order valence-electron chi connectivity index (χ3n) is 7.17. The zero-order valence-electron chi connectivity index (χ0n) is 21.6. The summed E-state index contributed by atoms with van der Waals surface area (Å²) in [5.74, 6) is 0.225. The minimum Gasteiger partial charge on any atom is -0.309 e. The van der Waals surface area contributed by atoms with E-state index in [0.29, 0.717) is 0 Å². The van der Waals surface area contributed by atoms with E-state index in [2.05, 4.69) is 91.2 Å². The van der Waals surface area contributed by atoms with Crippen LogP contribution in [0.4, 0.5) is 0 Å². The quantitative estimate of drug-likeness (QED) is 0.243. The van der Waals surface area contributed by atoms with Crippen molar-refractivity contribution in [3.05, 3.63) is 127 Å². The second-order valence-corrected chi connectivity index (χ2v) is 9.50. The molecule has 0 bridgehead atoms. The molecule has 7 rings (SSSR count).